The number of hydrogen-bond acceptors (Lipinski definition) is 4. The van der Waals surface area contributed by atoms with Crippen LogP contribution in [0.1, 0.15) is 26.3 Å². The fourth-order valence-corrected chi connectivity index (χ4v) is 2.63. The van der Waals surface area contributed by atoms with Gasteiger partial charge in [-0.3, -0.25) is 4.79 Å². The van der Waals surface area contributed by atoms with Crippen LogP contribution in [-0.4, -0.2) is 29.1 Å². The molecule has 5 nitrogen and oxygen atoms in total. The molecule has 0 saturated carbocycles. The minimum atomic E-state index is -1.14. The monoisotopic (exact) mass is 366 g/mol. The molecular formula is C17H12Cl2O5. The average Bonchev–Trinajstić information content (AvgIpc) is 2.52. The summed E-state index contributed by atoms with van der Waals surface area (Å²) in [6.07, 6.45) is 2.45. The number of halogens is 2. The molecule has 0 aliphatic carbocycles. The van der Waals surface area contributed by atoms with Gasteiger partial charge >= 0.3 is 5.97 Å². The number of ether oxygens (including phenoxy) is 1. The third-order valence-corrected chi connectivity index (χ3v) is 3.78. The predicted octanol–water partition coefficient (Wildman–Crippen LogP) is 4.30. The standard InChI is InChI=1S/C17H12Cl2O5/c1-24-11-7-12(18)16(13(19)8-11)15(21)5-2-9-6-10(17(22)23)3-4-14(9)20/h2-8,20H,1H3,(H,22,23). The maximum atomic E-state index is 12.3. The maximum absolute atomic E-state index is 12.3. The number of carboxylic acid groups (broad SMARTS) is 1. The Kier molecular flexibility index (Phi) is 5.49. The third-order valence-electron chi connectivity index (χ3n) is 3.19. The van der Waals surface area contributed by atoms with Gasteiger partial charge in [0.25, 0.3) is 0 Å². The number of carboxylic acids is 1. The van der Waals surface area contributed by atoms with Crippen molar-refractivity contribution in [1.29, 1.82) is 0 Å². The highest BCUT2D eigenvalue weighted by atomic mass is 35.5. The Balaban J connectivity index is 2.35. The van der Waals surface area contributed by atoms with E-state index in [1.807, 2.05) is 0 Å². The van der Waals surface area contributed by atoms with Crippen molar-refractivity contribution in [2.45, 2.75) is 0 Å². The molecule has 2 aromatic rings. The number of aromatic carboxylic acids is 1. The van der Waals surface area contributed by atoms with Gasteiger partial charge in [0.2, 0.25) is 0 Å². The molecule has 0 saturated heterocycles. The lowest BCUT2D eigenvalue weighted by Crippen LogP contribution is -1.99. The molecule has 124 valence electrons. The first-order valence-electron chi connectivity index (χ1n) is 6.65. The van der Waals surface area contributed by atoms with E-state index in [1.54, 1.807) is 0 Å². The fraction of sp³-hybridized carbons (Fsp3) is 0.0588. The molecule has 7 heteroatoms. The predicted molar refractivity (Wildman–Crippen MR) is 91.4 cm³/mol. The lowest BCUT2D eigenvalue weighted by Gasteiger charge is -2.07. The van der Waals surface area contributed by atoms with Crippen LogP contribution in [0.5, 0.6) is 11.5 Å². The number of carbonyl (C=O) groups excluding carboxylic acids is 1. The van der Waals surface area contributed by atoms with Crippen LogP contribution in [0.2, 0.25) is 10.0 Å². The minimum Gasteiger partial charge on any atom is -0.507 e. The number of carbonyl (C=O) groups is 2. The van der Waals surface area contributed by atoms with Gasteiger partial charge in [0.15, 0.2) is 5.78 Å². The number of benzene rings is 2. The van der Waals surface area contributed by atoms with Crippen molar-refractivity contribution in [2.24, 2.45) is 0 Å². The fourth-order valence-electron chi connectivity index (χ4n) is 1.97. The molecule has 0 fully saturated rings. The highest BCUT2D eigenvalue weighted by Gasteiger charge is 2.15. The largest absolute Gasteiger partial charge is 0.507 e. The SMILES string of the molecule is COc1cc(Cl)c(C(=O)C=Cc2cc(C(=O)O)ccc2O)c(Cl)c1. The molecular weight excluding hydrogens is 355 g/mol. The minimum absolute atomic E-state index is 0.0135. The summed E-state index contributed by atoms with van der Waals surface area (Å²) in [7, 11) is 1.45. The summed E-state index contributed by atoms with van der Waals surface area (Å²) < 4.78 is 5.00. The van der Waals surface area contributed by atoms with E-state index in [0.717, 1.165) is 6.08 Å². The zero-order valence-electron chi connectivity index (χ0n) is 12.4. The smallest absolute Gasteiger partial charge is 0.335 e. The van der Waals surface area contributed by atoms with Gasteiger partial charge in [-0.1, -0.05) is 23.2 Å². The second-order valence-electron chi connectivity index (χ2n) is 4.74. The number of allylic oxidation sites excluding steroid dienone is 1. The van der Waals surface area contributed by atoms with Crippen molar-refractivity contribution in [3.05, 3.63) is 63.1 Å². The quantitative estimate of drug-likeness (QED) is 0.608. The Morgan fingerprint density at radius 2 is 1.75 bits per heavy atom. The van der Waals surface area contributed by atoms with Crippen LogP contribution >= 0.6 is 23.2 Å². The molecule has 2 N–H and O–H groups in total. The van der Waals surface area contributed by atoms with Gasteiger partial charge in [0.1, 0.15) is 11.5 Å². The molecule has 0 amide bonds. The molecule has 24 heavy (non-hydrogen) atoms. The van der Waals surface area contributed by atoms with E-state index in [1.165, 1.54) is 43.5 Å². The van der Waals surface area contributed by atoms with Crippen molar-refractivity contribution in [3.8, 4) is 11.5 Å². The number of phenolic OH excluding ortho intramolecular Hbond substituents is 1. The van der Waals surface area contributed by atoms with Crippen molar-refractivity contribution in [3.63, 3.8) is 0 Å². The van der Waals surface area contributed by atoms with E-state index >= 15 is 0 Å². The van der Waals surface area contributed by atoms with Gasteiger partial charge in [0.05, 0.1) is 28.3 Å². The van der Waals surface area contributed by atoms with E-state index in [2.05, 4.69) is 0 Å². The second-order valence-corrected chi connectivity index (χ2v) is 5.56. The molecule has 0 aliphatic rings. The summed E-state index contributed by atoms with van der Waals surface area (Å²) in [5, 5.41) is 19.0. The Hall–Kier alpha value is -2.50. The molecule has 0 bridgehead atoms. The van der Waals surface area contributed by atoms with Gasteiger partial charge in [-0.2, -0.15) is 0 Å². The normalized spacial score (nSPS) is 10.8. The van der Waals surface area contributed by atoms with Gasteiger partial charge in [-0.05, 0) is 42.5 Å². The number of hydrogen-bond donors (Lipinski definition) is 2. The van der Waals surface area contributed by atoms with Gasteiger partial charge in [-0.25, -0.2) is 4.79 Å². The Morgan fingerprint density at radius 3 is 2.29 bits per heavy atom. The molecule has 0 heterocycles. The van der Waals surface area contributed by atoms with E-state index in [4.69, 9.17) is 33.0 Å². The van der Waals surface area contributed by atoms with Crippen molar-refractivity contribution < 1.29 is 24.5 Å². The zero-order chi connectivity index (χ0) is 17.9. The zero-order valence-corrected chi connectivity index (χ0v) is 13.9. The molecule has 0 spiro atoms. The number of phenols is 1. The molecule has 0 radical (unpaired) electrons. The molecule has 0 unspecified atom stereocenters. The Labute approximate surface area is 147 Å². The van der Waals surface area contributed by atoms with E-state index in [0.29, 0.717) is 5.75 Å². The summed E-state index contributed by atoms with van der Waals surface area (Å²) in [5.41, 5.74) is 0.258. The van der Waals surface area contributed by atoms with E-state index < -0.39 is 11.8 Å². The molecule has 0 aliphatic heterocycles. The van der Waals surface area contributed by atoms with Crippen molar-refractivity contribution in [1.82, 2.24) is 0 Å². The highest BCUT2D eigenvalue weighted by molar-refractivity contribution is 6.41. The number of aromatic hydroxyl groups is 1. The number of rotatable bonds is 5. The lowest BCUT2D eigenvalue weighted by atomic mass is 10.1. The first kappa shape index (κ1) is 17.8. The maximum Gasteiger partial charge on any atom is 0.335 e. The van der Waals surface area contributed by atoms with Crippen LogP contribution in [0.3, 0.4) is 0 Å². The van der Waals surface area contributed by atoms with Crippen molar-refractivity contribution >= 4 is 41.0 Å². The average molecular weight is 367 g/mol. The summed E-state index contributed by atoms with van der Waals surface area (Å²) in [5.74, 6) is -1.38. The Morgan fingerprint density at radius 1 is 1.12 bits per heavy atom. The summed E-state index contributed by atoms with van der Waals surface area (Å²) in [6, 6.07) is 6.65. The molecule has 2 aromatic carbocycles. The topological polar surface area (TPSA) is 83.8 Å². The van der Waals surface area contributed by atoms with Crippen molar-refractivity contribution in [2.75, 3.05) is 7.11 Å². The van der Waals surface area contributed by atoms with Gasteiger partial charge in [0, 0.05) is 5.56 Å². The van der Waals surface area contributed by atoms with Crippen LogP contribution in [0.4, 0.5) is 0 Å². The summed E-state index contributed by atoms with van der Waals surface area (Å²) >= 11 is 12.1. The highest BCUT2D eigenvalue weighted by Crippen LogP contribution is 2.31. The molecule has 2 rings (SSSR count). The molecule has 0 atom stereocenters. The lowest BCUT2D eigenvalue weighted by molar-refractivity contribution is 0.0696. The first-order valence-corrected chi connectivity index (χ1v) is 7.41. The van der Waals surface area contributed by atoms with Crippen LogP contribution in [-0.2, 0) is 0 Å². The van der Waals surface area contributed by atoms with Gasteiger partial charge < -0.3 is 14.9 Å². The van der Waals surface area contributed by atoms with E-state index in [-0.39, 0.29) is 32.5 Å². The Bertz CT molecular complexity index is 820. The first-order chi connectivity index (χ1) is 11.3. The number of ketones is 1. The second kappa shape index (κ2) is 7.38. The molecule has 0 aromatic heterocycles. The summed E-state index contributed by atoms with van der Waals surface area (Å²) in [6.45, 7) is 0. The van der Waals surface area contributed by atoms with Gasteiger partial charge in [-0.15, -0.1) is 0 Å². The number of methoxy groups -OCH3 is 1. The van der Waals surface area contributed by atoms with Crippen LogP contribution < -0.4 is 4.74 Å². The third kappa shape index (κ3) is 3.88. The van der Waals surface area contributed by atoms with E-state index in [9.17, 15) is 14.7 Å². The summed E-state index contributed by atoms with van der Waals surface area (Å²) in [4.78, 5) is 23.2. The van der Waals surface area contributed by atoms with Crippen LogP contribution in [0.25, 0.3) is 6.08 Å². The van der Waals surface area contributed by atoms with Crippen LogP contribution in [0.15, 0.2) is 36.4 Å². The van der Waals surface area contributed by atoms with Crippen LogP contribution in [0, 0.1) is 0 Å².